The number of hydrogen-bond donors (Lipinski definition) is 0. The van der Waals surface area contributed by atoms with E-state index in [0.717, 1.165) is 38.3 Å². The van der Waals surface area contributed by atoms with Gasteiger partial charge in [-0.15, -0.1) is 11.3 Å². The zero-order chi connectivity index (χ0) is 16.4. The maximum Gasteiger partial charge on any atom is 0.276 e. The van der Waals surface area contributed by atoms with E-state index in [1.807, 2.05) is 10.4 Å². The van der Waals surface area contributed by atoms with Crippen LogP contribution in [0.1, 0.15) is 33.2 Å². The molecule has 1 atom stereocenters. The SMILES string of the molecule is Cc1cc(C(=O)N2CC[C@@H](CN(C)Cc3scnc3C)C2)no1. The Bertz CT molecular complexity index is 681. The molecule has 6 nitrogen and oxygen atoms in total. The Hall–Kier alpha value is -1.73. The van der Waals surface area contributed by atoms with Gasteiger partial charge in [0.1, 0.15) is 5.76 Å². The zero-order valence-electron chi connectivity index (χ0n) is 13.8. The van der Waals surface area contributed by atoms with Crippen LogP contribution in [0.25, 0.3) is 0 Å². The zero-order valence-corrected chi connectivity index (χ0v) is 14.6. The third kappa shape index (κ3) is 3.79. The highest BCUT2D eigenvalue weighted by atomic mass is 32.1. The number of hydrogen-bond acceptors (Lipinski definition) is 6. The monoisotopic (exact) mass is 334 g/mol. The Morgan fingerprint density at radius 2 is 2.35 bits per heavy atom. The van der Waals surface area contributed by atoms with Gasteiger partial charge >= 0.3 is 0 Å². The molecule has 1 fully saturated rings. The molecule has 2 aromatic rings. The van der Waals surface area contributed by atoms with Gasteiger partial charge in [-0.25, -0.2) is 4.98 Å². The number of carbonyl (C=O) groups is 1. The number of carbonyl (C=O) groups excluding carboxylic acids is 1. The van der Waals surface area contributed by atoms with Crippen LogP contribution in [-0.4, -0.2) is 52.5 Å². The summed E-state index contributed by atoms with van der Waals surface area (Å²) in [7, 11) is 2.13. The molecule has 0 spiro atoms. The van der Waals surface area contributed by atoms with Crippen LogP contribution < -0.4 is 0 Å². The van der Waals surface area contributed by atoms with Gasteiger partial charge in [-0.05, 0) is 33.2 Å². The summed E-state index contributed by atoms with van der Waals surface area (Å²) >= 11 is 1.70. The van der Waals surface area contributed by atoms with Crippen molar-refractivity contribution in [2.45, 2.75) is 26.8 Å². The largest absolute Gasteiger partial charge is 0.361 e. The number of aryl methyl sites for hydroxylation is 2. The predicted octanol–water partition coefficient (Wildman–Crippen LogP) is 2.34. The molecule has 0 N–H and O–H groups in total. The number of rotatable bonds is 5. The van der Waals surface area contributed by atoms with Gasteiger partial charge in [-0.2, -0.15) is 0 Å². The van der Waals surface area contributed by atoms with Crippen LogP contribution in [0.4, 0.5) is 0 Å². The summed E-state index contributed by atoms with van der Waals surface area (Å²) in [5, 5.41) is 3.82. The van der Waals surface area contributed by atoms with E-state index < -0.39 is 0 Å². The van der Waals surface area contributed by atoms with Crippen LogP contribution in [0.2, 0.25) is 0 Å². The van der Waals surface area contributed by atoms with Crippen molar-refractivity contribution in [1.82, 2.24) is 19.9 Å². The Kier molecular flexibility index (Phi) is 4.77. The highest BCUT2D eigenvalue weighted by Gasteiger charge is 2.29. The molecular formula is C16H22N4O2S. The number of aromatic nitrogens is 2. The molecule has 3 rings (SSSR count). The summed E-state index contributed by atoms with van der Waals surface area (Å²) in [6.07, 6.45) is 1.04. The Labute approximate surface area is 140 Å². The van der Waals surface area contributed by atoms with Crippen molar-refractivity contribution in [3.05, 3.63) is 33.6 Å². The maximum absolute atomic E-state index is 12.4. The van der Waals surface area contributed by atoms with Gasteiger partial charge in [-0.1, -0.05) is 5.16 Å². The summed E-state index contributed by atoms with van der Waals surface area (Å²) in [6, 6.07) is 1.70. The quantitative estimate of drug-likeness (QED) is 0.840. The molecule has 1 saturated heterocycles. The van der Waals surface area contributed by atoms with Crippen molar-refractivity contribution >= 4 is 17.2 Å². The minimum absolute atomic E-state index is 0.0229. The van der Waals surface area contributed by atoms with Crippen LogP contribution in [-0.2, 0) is 6.54 Å². The molecule has 3 heterocycles. The van der Waals surface area contributed by atoms with Crippen LogP contribution in [0, 0.1) is 19.8 Å². The molecule has 1 aliphatic heterocycles. The summed E-state index contributed by atoms with van der Waals surface area (Å²) in [4.78, 5) is 22.2. The summed E-state index contributed by atoms with van der Waals surface area (Å²) < 4.78 is 5.00. The molecule has 23 heavy (non-hydrogen) atoms. The molecule has 1 aliphatic rings. The molecule has 0 aliphatic carbocycles. The minimum atomic E-state index is -0.0229. The van der Waals surface area contributed by atoms with Gasteiger partial charge in [0.25, 0.3) is 5.91 Å². The first kappa shape index (κ1) is 16.1. The van der Waals surface area contributed by atoms with E-state index >= 15 is 0 Å². The molecule has 7 heteroatoms. The minimum Gasteiger partial charge on any atom is -0.361 e. The molecular weight excluding hydrogens is 312 g/mol. The van der Waals surface area contributed by atoms with Gasteiger partial charge in [0.2, 0.25) is 0 Å². The molecule has 0 unspecified atom stereocenters. The summed E-state index contributed by atoms with van der Waals surface area (Å²) in [5.74, 6) is 1.15. The third-order valence-electron chi connectivity index (χ3n) is 4.25. The lowest BCUT2D eigenvalue weighted by Crippen LogP contribution is -2.31. The second-order valence-electron chi connectivity index (χ2n) is 6.29. The second-order valence-corrected chi connectivity index (χ2v) is 7.23. The molecule has 0 aromatic carbocycles. The lowest BCUT2D eigenvalue weighted by Gasteiger charge is -2.21. The highest BCUT2D eigenvalue weighted by molar-refractivity contribution is 7.09. The fourth-order valence-corrected chi connectivity index (χ4v) is 3.88. The number of amides is 1. The molecule has 0 saturated carbocycles. The van der Waals surface area contributed by atoms with Crippen LogP contribution in [0.15, 0.2) is 16.1 Å². The van der Waals surface area contributed by atoms with E-state index in [9.17, 15) is 4.79 Å². The topological polar surface area (TPSA) is 62.5 Å². The first-order valence-corrected chi connectivity index (χ1v) is 8.71. The van der Waals surface area contributed by atoms with Gasteiger partial charge in [0.05, 0.1) is 11.2 Å². The lowest BCUT2D eigenvalue weighted by molar-refractivity contribution is 0.0774. The Morgan fingerprint density at radius 3 is 3.00 bits per heavy atom. The molecule has 0 radical (unpaired) electrons. The second kappa shape index (κ2) is 6.80. The Morgan fingerprint density at radius 1 is 1.52 bits per heavy atom. The van der Waals surface area contributed by atoms with Crippen molar-refractivity contribution in [2.24, 2.45) is 5.92 Å². The lowest BCUT2D eigenvalue weighted by atomic mass is 10.1. The number of thiazole rings is 1. The molecule has 124 valence electrons. The molecule has 2 aromatic heterocycles. The predicted molar refractivity (Wildman–Crippen MR) is 88.4 cm³/mol. The van der Waals surface area contributed by atoms with E-state index in [1.165, 1.54) is 4.88 Å². The highest BCUT2D eigenvalue weighted by Crippen LogP contribution is 2.21. The van der Waals surface area contributed by atoms with Crippen molar-refractivity contribution in [3.63, 3.8) is 0 Å². The standard InChI is InChI=1S/C16H22N4O2S/c1-11-6-14(18-22-11)16(21)20-5-4-13(8-20)7-19(3)9-15-12(2)17-10-23-15/h6,10,13H,4-5,7-9H2,1-3H3/t13-/m0/s1. The van der Waals surface area contributed by atoms with Crippen LogP contribution in [0.5, 0.6) is 0 Å². The fourth-order valence-electron chi connectivity index (χ4n) is 3.02. The maximum atomic E-state index is 12.4. The third-order valence-corrected chi connectivity index (χ3v) is 5.17. The van der Waals surface area contributed by atoms with E-state index in [4.69, 9.17) is 4.52 Å². The van der Waals surface area contributed by atoms with E-state index in [0.29, 0.717) is 17.4 Å². The van der Waals surface area contributed by atoms with Gasteiger partial charge in [0.15, 0.2) is 5.69 Å². The van der Waals surface area contributed by atoms with Crippen molar-refractivity contribution < 1.29 is 9.32 Å². The molecule has 0 bridgehead atoms. The van der Waals surface area contributed by atoms with Crippen molar-refractivity contribution in [1.29, 1.82) is 0 Å². The van der Waals surface area contributed by atoms with E-state index in [-0.39, 0.29) is 5.91 Å². The summed E-state index contributed by atoms with van der Waals surface area (Å²) in [5.41, 5.74) is 3.43. The normalized spacial score (nSPS) is 18.1. The van der Waals surface area contributed by atoms with Crippen molar-refractivity contribution in [2.75, 3.05) is 26.7 Å². The summed E-state index contributed by atoms with van der Waals surface area (Å²) in [6.45, 7) is 7.34. The fraction of sp³-hybridized carbons (Fsp3) is 0.562. The van der Waals surface area contributed by atoms with Gasteiger partial charge < -0.3 is 14.3 Å². The number of likely N-dealkylation sites (tertiary alicyclic amines) is 1. The molecule has 1 amide bonds. The first-order valence-electron chi connectivity index (χ1n) is 7.83. The van der Waals surface area contributed by atoms with Crippen LogP contribution >= 0.6 is 11.3 Å². The van der Waals surface area contributed by atoms with Crippen LogP contribution in [0.3, 0.4) is 0 Å². The van der Waals surface area contributed by atoms with Crippen molar-refractivity contribution in [3.8, 4) is 0 Å². The number of nitrogens with zero attached hydrogens (tertiary/aromatic N) is 4. The average Bonchev–Trinajstić information content (AvgIpc) is 3.22. The van der Waals surface area contributed by atoms with Gasteiger partial charge in [-0.3, -0.25) is 4.79 Å². The van der Waals surface area contributed by atoms with Gasteiger partial charge in [0, 0.05) is 37.1 Å². The average molecular weight is 334 g/mol. The first-order chi connectivity index (χ1) is 11.0. The Balaban J connectivity index is 1.51. The van der Waals surface area contributed by atoms with E-state index in [2.05, 4.69) is 29.0 Å². The smallest absolute Gasteiger partial charge is 0.276 e. The van der Waals surface area contributed by atoms with E-state index in [1.54, 1.807) is 24.3 Å².